The quantitative estimate of drug-likeness (QED) is 0.265. The highest BCUT2D eigenvalue weighted by molar-refractivity contribution is 5.47. The van der Waals surface area contributed by atoms with E-state index < -0.39 is 0 Å². The molecule has 0 heterocycles. The Balaban J connectivity index is 4.46. The molecule has 0 aliphatic rings. The molecular weight excluding hydrogens is 196 g/mol. The lowest BCUT2D eigenvalue weighted by Gasteiger charge is -2.27. The Labute approximate surface area is 89.9 Å². The van der Waals surface area contributed by atoms with Gasteiger partial charge in [0, 0.05) is 11.5 Å². The van der Waals surface area contributed by atoms with Crippen LogP contribution in [0.2, 0.25) is 0 Å². The molecule has 0 saturated heterocycles. The highest BCUT2D eigenvalue weighted by Gasteiger charge is 2.24. The standard InChI is InChI=1S/C10H18N2O3/c1-4-5-6-11(8-13)10(9(2)3)7-12(14)15/h4,8-10H,1,5-7H2,2-3H3. The van der Waals surface area contributed by atoms with Gasteiger partial charge < -0.3 is 4.90 Å². The normalized spacial score (nSPS) is 12.2. The van der Waals surface area contributed by atoms with Crippen LogP contribution in [0, 0.1) is 16.0 Å². The number of hydrogen-bond acceptors (Lipinski definition) is 3. The number of carbonyl (C=O) groups is 1. The molecule has 0 spiro atoms. The van der Waals surface area contributed by atoms with Crippen molar-refractivity contribution in [3.05, 3.63) is 22.8 Å². The van der Waals surface area contributed by atoms with Gasteiger partial charge in [-0.15, -0.1) is 6.58 Å². The predicted octanol–water partition coefficient (Wildman–Crippen LogP) is 1.32. The van der Waals surface area contributed by atoms with E-state index in [1.165, 1.54) is 4.90 Å². The summed E-state index contributed by atoms with van der Waals surface area (Å²) in [7, 11) is 0. The molecule has 5 nitrogen and oxygen atoms in total. The Kier molecular flexibility index (Phi) is 6.33. The molecular formula is C10H18N2O3. The third-order valence-corrected chi connectivity index (χ3v) is 2.26. The van der Waals surface area contributed by atoms with Crippen molar-refractivity contribution in [1.29, 1.82) is 0 Å². The maximum absolute atomic E-state index is 10.8. The number of nitrogens with zero attached hydrogens (tertiary/aromatic N) is 2. The van der Waals surface area contributed by atoms with Crippen LogP contribution in [-0.2, 0) is 4.79 Å². The SMILES string of the molecule is C=CCCN(C=O)C(C[N+](=O)[O-])C(C)C. The Hall–Kier alpha value is -1.39. The van der Waals surface area contributed by atoms with E-state index in [9.17, 15) is 14.9 Å². The van der Waals surface area contributed by atoms with Crippen molar-refractivity contribution in [2.24, 2.45) is 5.92 Å². The van der Waals surface area contributed by atoms with Crippen LogP contribution in [0.25, 0.3) is 0 Å². The molecule has 86 valence electrons. The zero-order valence-electron chi connectivity index (χ0n) is 9.26. The van der Waals surface area contributed by atoms with Crippen LogP contribution in [0.5, 0.6) is 0 Å². The fourth-order valence-electron chi connectivity index (χ4n) is 1.39. The van der Waals surface area contributed by atoms with Crippen molar-refractivity contribution in [2.75, 3.05) is 13.1 Å². The molecule has 0 aromatic carbocycles. The topological polar surface area (TPSA) is 63.5 Å². The molecule has 0 saturated carbocycles. The van der Waals surface area contributed by atoms with Crippen molar-refractivity contribution in [3.63, 3.8) is 0 Å². The first-order valence-corrected chi connectivity index (χ1v) is 4.96. The van der Waals surface area contributed by atoms with Crippen LogP contribution in [0.3, 0.4) is 0 Å². The van der Waals surface area contributed by atoms with E-state index in [0.717, 1.165) is 0 Å². The summed E-state index contributed by atoms with van der Waals surface area (Å²) in [5.74, 6) is 0.0745. The number of rotatable bonds is 8. The molecule has 0 aliphatic heterocycles. The Morgan fingerprint density at radius 3 is 2.47 bits per heavy atom. The fourth-order valence-corrected chi connectivity index (χ4v) is 1.39. The predicted molar refractivity (Wildman–Crippen MR) is 58.1 cm³/mol. The molecule has 0 fully saturated rings. The first-order chi connectivity index (χ1) is 7.02. The van der Waals surface area contributed by atoms with E-state index in [1.807, 2.05) is 13.8 Å². The minimum absolute atomic E-state index is 0.0745. The molecule has 1 atom stereocenters. The van der Waals surface area contributed by atoms with Gasteiger partial charge in [0.1, 0.15) is 0 Å². The average molecular weight is 214 g/mol. The summed E-state index contributed by atoms with van der Waals surface area (Å²) >= 11 is 0. The molecule has 15 heavy (non-hydrogen) atoms. The van der Waals surface area contributed by atoms with Crippen LogP contribution in [0.15, 0.2) is 12.7 Å². The highest BCUT2D eigenvalue weighted by Crippen LogP contribution is 2.10. The van der Waals surface area contributed by atoms with Gasteiger partial charge in [0.2, 0.25) is 13.0 Å². The molecule has 0 aliphatic carbocycles. The first kappa shape index (κ1) is 13.6. The largest absolute Gasteiger partial charge is 0.335 e. The van der Waals surface area contributed by atoms with Gasteiger partial charge in [0.15, 0.2) is 0 Å². The van der Waals surface area contributed by atoms with Gasteiger partial charge in [-0.05, 0) is 12.3 Å². The fraction of sp³-hybridized carbons (Fsp3) is 0.700. The summed E-state index contributed by atoms with van der Waals surface area (Å²) in [5, 5.41) is 10.5. The molecule has 0 radical (unpaired) electrons. The third kappa shape index (κ3) is 5.15. The van der Waals surface area contributed by atoms with Crippen LogP contribution < -0.4 is 0 Å². The number of hydrogen-bond donors (Lipinski definition) is 0. The Bertz CT molecular complexity index is 229. The van der Waals surface area contributed by atoms with Gasteiger partial charge >= 0.3 is 0 Å². The van der Waals surface area contributed by atoms with Crippen molar-refractivity contribution in [1.82, 2.24) is 4.90 Å². The van der Waals surface area contributed by atoms with Gasteiger partial charge in [-0.2, -0.15) is 0 Å². The summed E-state index contributed by atoms with van der Waals surface area (Å²) in [6.07, 6.45) is 3.03. The van der Waals surface area contributed by atoms with Crippen molar-refractivity contribution < 1.29 is 9.72 Å². The Morgan fingerprint density at radius 1 is 1.53 bits per heavy atom. The first-order valence-electron chi connectivity index (χ1n) is 4.96. The lowest BCUT2D eigenvalue weighted by molar-refractivity contribution is -0.487. The minimum Gasteiger partial charge on any atom is -0.335 e. The van der Waals surface area contributed by atoms with Gasteiger partial charge in [0.25, 0.3) is 0 Å². The molecule has 0 aromatic heterocycles. The van der Waals surface area contributed by atoms with Gasteiger partial charge in [0.05, 0.1) is 6.04 Å². The van der Waals surface area contributed by atoms with E-state index in [2.05, 4.69) is 6.58 Å². The summed E-state index contributed by atoms with van der Waals surface area (Å²) in [5.41, 5.74) is 0. The monoisotopic (exact) mass is 214 g/mol. The van der Waals surface area contributed by atoms with Gasteiger partial charge in [-0.3, -0.25) is 14.9 Å². The smallest absolute Gasteiger partial charge is 0.224 e. The van der Waals surface area contributed by atoms with E-state index in [1.54, 1.807) is 6.08 Å². The molecule has 0 bridgehead atoms. The molecule has 0 aromatic rings. The molecule has 5 heteroatoms. The van der Waals surface area contributed by atoms with Crippen LogP contribution in [0.1, 0.15) is 20.3 Å². The van der Waals surface area contributed by atoms with Crippen LogP contribution >= 0.6 is 0 Å². The zero-order valence-corrected chi connectivity index (χ0v) is 9.26. The Morgan fingerprint density at radius 2 is 2.13 bits per heavy atom. The van der Waals surface area contributed by atoms with Crippen molar-refractivity contribution in [2.45, 2.75) is 26.3 Å². The van der Waals surface area contributed by atoms with E-state index in [4.69, 9.17) is 0 Å². The highest BCUT2D eigenvalue weighted by atomic mass is 16.6. The number of carbonyl (C=O) groups excluding carboxylic acids is 1. The molecule has 0 rings (SSSR count). The summed E-state index contributed by atoms with van der Waals surface area (Å²) in [6, 6.07) is -0.336. The number of amides is 1. The summed E-state index contributed by atoms with van der Waals surface area (Å²) in [4.78, 5) is 22.4. The average Bonchev–Trinajstić information content (AvgIpc) is 2.16. The summed E-state index contributed by atoms with van der Waals surface area (Å²) < 4.78 is 0. The van der Waals surface area contributed by atoms with Crippen molar-refractivity contribution in [3.8, 4) is 0 Å². The van der Waals surface area contributed by atoms with Gasteiger partial charge in [-0.25, -0.2) is 0 Å². The molecule has 1 unspecified atom stereocenters. The van der Waals surface area contributed by atoms with E-state index in [-0.39, 0.29) is 23.4 Å². The van der Waals surface area contributed by atoms with E-state index in [0.29, 0.717) is 19.4 Å². The number of nitro groups is 1. The second kappa shape index (κ2) is 6.98. The maximum Gasteiger partial charge on any atom is 0.224 e. The van der Waals surface area contributed by atoms with Crippen molar-refractivity contribution >= 4 is 6.41 Å². The second-order valence-electron chi connectivity index (χ2n) is 3.75. The zero-order chi connectivity index (χ0) is 11.8. The third-order valence-electron chi connectivity index (χ3n) is 2.26. The lowest BCUT2D eigenvalue weighted by Crippen LogP contribution is -2.43. The van der Waals surface area contributed by atoms with Gasteiger partial charge in [-0.1, -0.05) is 19.9 Å². The molecule has 1 amide bonds. The molecule has 0 N–H and O–H groups in total. The minimum atomic E-state index is -0.380. The second-order valence-corrected chi connectivity index (χ2v) is 3.75. The van der Waals surface area contributed by atoms with E-state index >= 15 is 0 Å². The maximum atomic E-state index is 10.8. The lowest BCUT2D eigenvalue weighted by atomic mass is 10.0. The van der Waals surface area contributed by atoms with Crippen LogP contribution in [-0.4, -0.2) is 35.4 Å². The summed E-state index contributed by atoms with van der Waals surface area (Å²) in [6.45, 7) is 7.59. The van der Waals surface area contributed by atoms with Crippen LogP contribution in [0.4, 0.5) is 0 Å².